The smallest absolute Gasteiger partial charge is 0.351 e. The molecule has 0 aliphatic heterocycles. The third-order valence-electron chi connectivity index (χ3n) is 5.09. The van der Waals surface area contributed by atoms with Gasteiger partial charge >= 0.3 is 11.3 Å². The molecule has 5 aromatic rings. The first kappa shape index (κ1) is 17.9. The molecule has 5 nitrogen and oxygen atoms in total. The first-order valence-electron chi connectivity index (χ1n) is 9.40. The quantitative estimate of drug-likeness (QED) is 0.308. The molecule has 0 amide bonds. The molecule has 2 aromatic heterocycles. The molecule has 146 valence electrons. The summed E-state index contributed by atoms with van der Waals surface area (Å²) in [6, 6.07) is 24.1. The molecule has 5 rings (SSSR count). The molecular formula is C25H16O5. The van der Waals surface area contributed by atoms with E-state index in [0.717, 1.165) is 11.1 Å². The zero-order valence-electron chi connectivity index (χ0n) is 16.0. The van der Waals surface area contributed by atoms with Crippen LogP contribution in [-0.4, -0.2) is 7.11 Å². The number of hydrogen-bond acceptors (Lipinski definition) is 5. The second-order valence-corrected chi connectivity index (χ2v) is 6.83. The van der Waals surface area contributed by atoms with Gasteiger partial charge in [-0.2, -0.15) is 0 Å². The molecule has 0 spiro atoms. The minimum Gasteiger partial charge on any atom is -0.497 e. The fraction of sp³-hybridized carbons (Fsp3) is 0.0400. The van der Waals surface area contributed by atoms with Gasteiger partial charge < -0.3 is 13.6 Å². The Hall–Kier alpha value is -4.12. The maximum absolute atomic E-state index is 12.9. The molecule has 0 aliphatic carbocycles. The Bertz CT molecular complexity index is 1500. The van der Waals surface area contributed by atoms with E-state index in [-0.39, 0.29) is 5.39 Å². The number of hydrogen-bond donors (Lipinski definition) is 0. The highest BCUT2D eigenvalue weighted by Gasteiger charge is 2.22. The fourth-order valence-corrected chi connectivity index (χ4v) is 3.73. The van der Waals surface area contributed by atoms with Crippen LogP contribution in [0.2, 0.25) is 0 Å². The van der Waals surface area contributed by atoms with E-state index in [1.807, 2.05) is 60.7 Å². The van der Waals surface area contributed by atoms with E-state index in [9.17, 15) is 9.59 Å². The summed E-state index contributed by atoms with van der Waals surface area (Å²) in [4.78, 5) is 25.7. The van der Waals surface area contributed by atoms with Gasteiger partial charge in [-0.3, -0.25) is 0 Å². The highest BCUT2D eigenvalue weighted by atomic mass is 16.5. The van der Waals surface area contributed by atoms with Crippen LogP contribution in [0.25, 0.3) is 44.2 Å². The third kappa shape index (κ3) is 2.79. The lowest BCUT2D eigenvalue weighted by Crippen LogP contribution is -2.13. The lowest BCUT2D eigenvalue weighted by Gasteiger charge is -2.13. The largest absolute Gasteiger partial charge is 0.497 e. The molecule has 0 saturated heterocycles. The second kappa shape index (κ2) is 7.04. The van der Waals surface area contributed by atoms with Gasteiger partial charge in [-0.05, 0) is 17.7 Å². The number of rotatable bonds is 3. The van der Waals surface area contributed by atoms with Gasteiger partial charge in [0.05, 0.1) is 7.11 Å². The van der Waals surface area contributed by atoms with Crippen LogP contribution < -0.4 is 16.0 Å². The maximum Gasteiger partial charge on any atom is 0.351 e. The SMILES string of the molecule is COc1ccc2c(c1)oc(=O)c1c(=O)oc(-c3ccccc3)c(-c3ccccc3)c12. The van der Waals surface area contributed by atoms with Gasteiger partial charge in [0, 0.05) is 28.0 Å². The summed E-state index contributed by atoms with van der Waals surface area (Å²) < 4.78 is 16.4. The Morgan fingerprint density at radius 2 is 1.33 bits per heavy atom. The van der Waals surface area contributed by atoms with E-state index in [1.165, 1.54) is 7.11 Å². The van der Waals surface area contributed by atoms with Crippen molar-refractivity contribution in [2.24, 2.45) is 0 Å². The Morgan fingerprint density at radius 1 is 0.700 bits per heavy atom. The predicted octanol–water partition coefficient (Wildman–Crippen LogP) is 5.24. The van der Waals surface area contributed by atoms with Crippen molar-refractivity contribution in [2.45, 2.75) is 0 Å². The van der Waals surface area contributed by atoms with Crippen LogP contribution in [0.3, 0.4) is 0 Å². The van der Waals surface area contributed by atoms with Crippen molar-refractivity contribution in [3.05, 3.63) is 99.7 Å². The molecule has 0 N–H and O–H groups in total. The van der Waals surface area contributed by atoms with Crippen molar-refractivity contribution in [1.82, 2.24) is 0 Å². The van der Waals surface area contributed by atoms with E-state index in [2.05, 4.69) is 0 Å². The first-order chi connectivity index (χ1) is 14.7. The number of methoxy groups -OCH3 is 1. The molecule has 0 bridgehead atoms. The van der Waals surface area contributed by atoms with Crippen molar-refractivity contribution in [3.63, 3.8) is 0 Å². The molecule has 3 aromatic carbocycles. The van der Waals surface area contributed by atoms with Crippen LogP contribution in [0.15, 0.2) is 97.3 Å². The number of benzene rings is 3. The van der Waals surface area contributed by atoms with Crippen molar-refractivity contribution in [2.75, 3.05) is 7.11 Å². The predicted molar refractivity (Wildman–Crippen MR) is 116 cm³/mol. The highest BCUT2D eigenvalue weighted by molar-refractivity contribution is 6.14. The highest BCUT2D eigenvalue weighted by Crippen LogP contribution is 2.39. The minimum atomic E-state index is -0.740. The summed E-state index contributed by atoms with van der Waals surface area (Å²) in [5.41, 5.74) is 1.11. The van der Waals surface area contributed by atoms with E-state index < -0.39 is 11.3 Å². The Kier molecular flexibility index (Phi) is 4.21. The molecule has 5 heteroatoms. The van der Waals surface area contributed by atoms with Crippen LogP contribution in [0.1, 0.15) is 0 Å². The van der Waals surface area contributed by atoms with Gasteiger partial charge in [-0.25, -0.2) is 9.59 Å². The second-order valence-electron chi connectivity index (χ2n) is 6.83. The molecule has 0 atom stereocenters. The lowest BCUT2D eigenvalue weighted by molar-refractivity contribution is 0.414. The van der Waals surface area contributed by atoms with Gasteiger partial charge in [0.25, 0.3) is 0 Å². The average molecular weight is 396 g/mol. The lowest BCUT2D eigenvalue weighted by atomic mass is 9.94. The van der Waals surface area contributed by atoms with Crippen molar-refractivity contribution in [1.29, 1.82) is 0 Å². The van der Waals surface area contributed by atoms with Crippen LogP contribution in [-0.2, 0) is 0 Å². The molecule has 0 saturated carbocycles. The monoisotopic (exact) mass is 396 g/mol. The van der Waals surface area contributed by atoms with Crippen LogP contribution in [0.5, 0.6) is 5.75 Å². The third-order valence-corrected chi connectivity index (χ3v) is 5.09. The van der Waals surface area contributed by atoms with Crippen molar-refractivity contribution < 1.29 is 13.6 Å². The van der Waals surface area contributed by atoms with E-state index in [0.29, 0.717) is 33.4 Å². The van der Waals surface area contributed by atoms with Gasteiger partial charge in [-0.1, -0.05) is 60.7 Å². The summed E-state index contributed by atoms with van der Waals surface area (Å²) >= 11 is 0. The Morgan fingerprint density at radius 3 is 2.00 bits per heavy atom. The molecule has 0 unspecified atom stereocenters. The normalized spacial score (nSPS) is 11.1. The molecule has 0 fully saturated rings. The average Bonchev–Trinajstić information content (AvgIpc) is 2.79. The summed E-state index contributed by atoms with van der Waals surface area (Å²) in [5, 5.41) is 1.03. The molecule has 2 heterocycles. The maximum atomic E-state index is 12.9. The standard InChI is InChI=1S/C25H16O5/c1-28-17-12-13-18-19(14-17)29-24(26)22-21(18)20(15-8-4-2-5-9-15)23(30-25(22)27)16-10-6-3-7-11-16/h2-14H,1H3. The van der Waals surface area contributed by atoms with Crippen LogP contribution in [0.4, 0.5) is 0 Å². The van der Waals surface area contributed by atoms with E-state index >= 15 is 0 Å². The zero-order chi connectivity index (χ0) is 20.7. The first-order valence-corrected chi connectivity index (χ1v) is 9.40. The summed E-state index contributed by atoms with van der Waals surface area (Å²) in [5.74, 6) is 0.958. The van der Waals surface area contributed by atoms with Crippen LogP contribution in [0, 0.1) is 0 Å². The zero-order valence-corrected chi connectivity index (χ0v) is 16.0. The van der Waals surface area contributed by atoms with E-state index in [1.54, 1.807) is 18.2 Å². The summed E-state index contributed by atoms with van der Waals surface area (Å²) in [7, 11) is 1.54. The van der Waals surface area contributed by atoms with Gasteiger partial charge in [0.15, 0.2) is 5.39 Å². The minimum absolute atomic E-state index is 0.105. The number of fused-ring (bicyclic) bond motifs is 3. The van der Waals surface area contributed by atoms with Gasteiger partial charge in [0.2, 0.25) is 0 Å². The van der Waals surface area contributed by atoms with Crippen molar-refractivity contribution in [3.8, 4) is 28.2 Å². The molecule has 30 heavy (non-hydrogen) atoms. The number of ether oxygens (including phenoxy) is 1. The topological polar surface area (TPSA) is 69.7 Å². The van der Waals surface area contributed by atoms with Gasteiger partial charge in [-0.15, -0.1) is 0 Å². The van der Waals surface area contributed by atoms with Crippen molar-refractivity contribution >= 4 is 21.7 Å². The Balaban J connectivity index is 2.06. The fourth-order valence-electron chi connectivity index (χ4n) is 3.73. The summed E-state index contributed by atoms with van der Waals surface area (Å²) in [6.07, 6.45) is 0. The van der Waals surface area contributed by atoms with E-state index in [4.69, 9.17) is 13.6 Å². The molecule has 0 radical (unpaired) electrons. The molecule has 0 aliphatic rings. The van der Waals surface area contributed by atoms with Crippen LogP contribution >= 0.6 is 0 Å². The molecular weight excluding hydrogens is 380 g/mol. The Labute approximate surface area is 170 Å². The summed E-state index contributed by atoms with van der Waals surface area (Å²) in [6.45, 7) is 0. The van der Waals surface area contributed by atoms with Gasteiger partial charge in [0.1, 0.15) is 17.1 Å².